The van der Waals surface area contributed by atoms with Crippen molar-refractivity contribution in [2.45, 2.75) is 65.1 Å². The fraction of sp³-hybridized carbons (Fsp3) is 1.00. The SMILES string of the molecule is CCC(C)(CNC1CC1)CN1CC(C)N(C)C(C)C1. The van der Waals surface area contributed by atoms with E-state index >= 15 is 0 Å². The highest BCUT2D eigenvalue weighted by molar-refractivity contribution is 4.90. The van der Waals surface area contributed by atoms with Gasteiger partial charge in [-0.3, -0.25) is 9.80 Å². The summed E-state index contributed by atoms with van der Waals surface area (Å²) in [6.07, 6.45) is 4.05. The van der Waals surface area contributed by atoms with Crippen LogP contribution in [0.5, 0.6) is 0 Å². The second-order valence-corrected chi connectivity index (χ2v) is 7.38. The lowest BCUT2D eigenvalue weighted by molar-refractivity contribution is 0.0337. The normalized spacial score (nSPS) is 33.3. The van der Waals surface area contributed by atoms with Crippen LogP contribution in [0.2, 0.25) is 0 Å². The zero-order valence-electron chi connectivity index (χ0n) is 13.6. The minimum atomic E-state index is 0.429. The molecular formula is C16H33N3. The third-order valence-electron chi connectivity index (χ3n) is 5.29. The highest BCUT2D eigenvalue weighted by atomic mass is 15.3. The molecule has 2 aliphatic rings. The second-order valence-electron chi connectivity index (χ2n) is 7.38. The van der Waals surface area contributed by atoms with E-state index in [4.69, 9.17) is 0 Å². The van der Waals surface area contributed by atoms with Gasteiger partial charge in [-0.1, -0.05) is 13.8 Å². The topological polar surface area (TPSA) is 18.5 Å². The average Bonchev–Trinajstić information content (AvgIpc) is 3.17. The van der Waals surface area contributed by atoms with Crippen molar-refractivity contribution in [3.63, 3.8) is 0 Å². The monoisotopic (exact) mass is 267 g/mol. The molecule has 0 aromatic carbocycles. The molecule has 1 aliphatic carbocycles. The van der Waals surface area contributed by atoms with Gasteiger partial charge in [0.25, 0.3) is 0 Å². The molecule has 1 aliphatic heterocycles. The fourth-order valence-corrected chi connectivity index (χ4v) is 3.15. The number of hydrogen-bond donors (Lipinski definition) is 1. The number of nitrogens with zero attached hydrogens (tertiary/aromatic N) is 2. The molecule has 2 rings (SSSR count). The average molecular weight is 267 g/mol. The van der Waals surface area contributed by atoms with E-state index in [0.717, 1.165) is 6.04 Å². The zero-order valence-corrected chi connectivity index (χ0v) is 13.6. The fourth-order valence-electron chi connectivity index (χ4n) is 3.15. The summed E-state index contributed by atoms with van der Waals surface area (Å²) in [5.41, 5.74) is 0.429. The summed E-state index contributed by atoms with van der Waals surface area (Å²) in [4.78, 5) is 5.20. The van der Waals surface area contributed by atoms with Crippen LogP contribution in [0.4, 0.5) is 0 Å². The second kappa shape index (κ2) is 6.11. The van der Waals surface area contributed by atoms with E-state index in [-0.39, 0.29) is 0 Å². The third-order valence-corrected chi connectivity index (χ3v) is 5.29. The molecular weight excluding hydrogens is 234 g/mol. The molecule has 112 valence electrons. The Kier molecular flexibility index (Phi) is 4.91. The van der Waals surface area contributed by atoms with Crippen LogP contribution in [-0.2, 0) is 0 Å². The number of likely N-dealkylation sites (N-methyl/N-ethyl adjacent to an activating group) is 1. The van der Waals surface area contributed by atoms with Crippen LogP contribution in [-0.4, -0.2) is 61.2 Å². The van der Waals surface area contributed by atoms with Crippen LogP contribution in [0.1, 0.15) is 47.0 Å². The van der Waals surface area contributed by atoms with Gasteiger partial charge in [0.05, 0.1) is 0 Å². The van der Waals surface area contributed by atoms with Crippen molar-refractivity contribution in [2.24, 2.45) is 5.41 Å². The molecule has 0 aromatic rings. The molecule has 3 unspecified atom stereocenters. The Morgan fingerprint density at radius 2 is 1.74 bits per heavy atom. The first-order valence-electron chi connectivity index (χ1n) is 8.11. The van der Waals surface area contributed by atoms with Gasteiger partial charge in [-0.15, -0.1) is 0 Å². The molecule has 0 aromatic heterocycles. The summed E-state index contributed by atoms with van der Waals surface area (Å²) in [7, 11) is 2.26. The first-order chi connectivity index (χ1) is 8.93. The Balaban J connectivity index is 1.85. The van der Waals surface area contributed by atoms with Crippen LogP contribution < -0.4 is 5.32 Å². The number of piperazine rings is 1. The highest BCUT2D eigenvalue weighted by Gasteiger charge is 2.33. The summed E-state index contributed by atoms with van der Waals surface area (Å²) in [5.74, 6) is 0. The molecule has 1 saturated carbocycles. The molecule has 3 atom stereocenters. The lowest BCUT2D eigenvalue weighted by Gasteiger charge is -2.45. The van der Waals surface area contributed by atoms with Gasteiger partial charge in [0.1, 0.15) is 0 Å². The molecule has 1 heterocycles. The van der Waals surface area contributed by atoms with Crippen LogP contribution in [0.25, 0.3) is 0 Å². The van der Waals surface area contributed by atoms with Crippen molar-refractivity contribution in [1.29, 1.82) is 0 Å². The molecule has 0 bridgehead atoms. The van der Waals surface area contributed by atoms with E-state index in [2.05, 4.69) is 49.9 Å². The summed E-state index contributed by atoms with van der Waals surface area (Å²) < 4.78 is 0. The van der Waals surface area contributed by atoms with Gasteiger partial charge < -0.3 is 5.32 Å². The van der Waals surface area contributed by atoms with Crippen molar-refractivity contribution >= 4 is 0 Å². The molecule has 1 saturated heterocycles. The minimum Gasteiger partial charge on any atom is -0.313 e. The van der Waals surface area contributed by atoms with Gasteiger partial charge in [-0.2, -0.15) is 0 Å². The molecule has 0 radical (unpaired) electrons. The Bertz CT molecular complexity index is 278. The predicted octanol–water partition coefficient (Wildman–Crippen LogP) is 2.18. The smallest absolute Gasteiger partial charge is 0.0195 e. The van der Waals surface area contributed by atoms with Crippen LogP contribution in [0.3, 0.4) is 0 Å². The van der Waals surface area contributed by atoms with Gasteiger partial charge in [0.15, 0.2) is 0 Å². The Morgan fingerprint density at radius 3 is 2.21 bits per heavy atom. The van der Waals surface area contributed by atoms with E-state index in [0.29, 0.717) is 17.5 Å². The van der Waals surface area contributed by atoms with Gasteiger partial charge >= 0.3 is 0 Å². The quantitative estimate of drug-likeness (QED) is 0.796. The third kappa shape index (κ3) is 4.17. The summed E-state index contributed by atoms with van der Waals surface area (Å²) in [6.45, 7) is 14.4. The molecule has 0 spiro atoms. The Labute approximate surface area is 119 Å². The number of hydrogen-bond acceptors (Lipinski definition) is 3. The molecule has 1 N–H and O–H groups in total. The van der Waals surface area contributed by atoms with Gasteiger partial charge in [0.2, 0.25) is 0 Å². The standard InChI is InChI=1S/C16H33N3/c1-6-16(4,11-17-15-7-8-15)12-19-9-13(2)18(5)14(3)10-19/h13-15,17H,6-12H2,1-5H3. The van der Waals surface area contributed by atoms with E-state index in [9.17, 15) is 0 Å². The van der Waals surface area contributed by atoms with E-state index in [1.54, 1.807) is 0 Å². The highest BCUT2D eigenvalue weighted by Crippen LogP contribution is 2.27. The summed E-state index contributed by atoms with van der Waals surface area (Å²) in [6, 6.07) is 2.19. The predicted molar refractivity (Wildman–Crippen MR) is 82.5 cm³/mol. The molecule has 3 heteroatoms. The van der Waals surface area contributed by atoms with Crippen LogP contribution in [0, 0.1) is 5.41 Å². The van der Waals surface area contributed by atoms with E-state index < -0.39 is 0 Å². The first-order valence-corrected chi connectivity index (χ1v) is 8.11. The minimum absolute atomic E-state index is 0.429. The summed E-state index contributed by atoms with van der Waals surface area (Å²) >= 11 is 0. The van der Waals surface area contributed by atoms with Crippen molar-refractivity contribution in [1.82, 2.24) is 15.1 Å². The van der Waals surface area contributed by atoms with Crippen molar-refractivity contribution < 1.29 is 0 Å². The Morgan fingerprint density at radius 1 is 1.16 bits per heavy atom. The zero-order chi connectivity index (χ0) is 14.0. The van der Waals surface area contributed by atoms with Crippen molar-refractivity contribution in [2.75, 3.05) is 33.2 Å². The lowest BCUT2D eigenvalue weighted by atomic mass is 9.86. The van der Waals surface area contributed by atoms with Gasteiger partial charge in [0, 0.05) is 44.3 Å². The van der Waals surface area contributed by atoms with Gasteiger partial charge in [-0.25, -0.2) is 0 Å². The largest absolute Gasteiger partial charge is 0.313 e. The van der Waals surface area contributed by atoms with Crippen LogP contribution in [0.15, 0.2) is 0 Å². The maximum atomic E-state index is 3.73. The number of nitrogens with one attached hydrogen (secondary N) is 1. The maximum absolute atomic E-state index is 3.73. The van der Waals surface area contributed by atoms with Crippen LogP contribution >= 0.6 is 0 Å². The number of rotatable bonds is 6. The van der Waals surface area contributed by atoms with Crippen molar-refractivity contribution in [3.8, 4) is 0 Å². The maximum Gasteiger partial charge on any atom is 0.0195 e. The molecule has 2 fully saturated rings. The lowest BCUT2D eigenvalue weighted by Crippen LogP contribution is -2.57. The van der Waals surface area contributed by atoms with Crippen molar-refractivity contribution in [3.05, 3.63) is 0 Å². The van der Waals surface area contributed by atoms with E-state index in [1.807, 2.05) is 0 Å². The van der Waals surface area contributed by atoms with Gasteiger partial charge in [-0.05, 0) is 45.6 Å². The molecule has 19 heavy (non-hydrogen) atoms. The Hall–Kier alpha value is -0.120. The molecule has 3 nitrogen and oxygen atoms in total. The van der Waals surface area contributed by atoms with E-state index in [1.165, 1.54) is 45.4 Å². The summed E-state index contributed by atoms with van der Waals surface area (Å²) in [5, 5.41) is 3.73. The first kappa shape index (κ1) is 15.3. The molecule has 0 amide bonds.